The summed E-state index contributed by atoms with van der Waals surface area (Å²) < 4.78 is 0. The molecule has 0 bridgehead atoms. The molecular formula is C26H30N4O2. The van der Waals surface area contributed by atoms with Gasteiger partial charge in [0, 0.05) is 12.7 Å². The number of fused-ring (bicyclic) bond motifs is 1. The van der Waals surface area contributed by atoms with Crippen molar-refractivity contribution in [3.63, 3.8) is 0 Å². The first-order valence-electron chi connectivity index (χ1n) is 11.2. The number of aromatic nitrogens is 1. The molecule has 0 unspecified atom stereocenters. The Morgan fingerprint density at radius 2 is 2.00 bits per heavy atom. The van der Waals surface area contributed by atoms with Crippen molar-refractivity contribution in [3.8, 4) is 0 Å². The van der Waals surface area contributed by atoms with E-state index in [-0.39, 0.29) is 18.5 Å². The molecule has 0 saturated carbocycles. The van der Waals surface area contributed by atoms with Crippen LogP contribution >= 0.6 is 0 Å². The van der Waals surface area contributed by atoms with Crippen molar-refractivity contribution in [1.82, 2.24) is 10.3 Å². The summed E-state index contributed by atoms with van der Waals surface area (Å²) >= 11 is 0. The summed E-state index contributed by atoms with van der Waals surface area (Å²) in [6, 6.07) is 20.7. The third-order valence-corrected chi connectivity index (χ3v) is 5.97. The molecule has 2 aromatic carbocycles. The summed E-state index contributed by atoms with van der Waals surface area (Å²) in [6.07, 6.45) is 3.63. The molecule has 0 fully saturated rings. The lowest BCUT2D eigenvalue weighted by Crippen LogP contribution is -2.44. The summed E-state index contributed by atoms with van der Waals surface area (Å²) in [7, 11) is 0. The van der Waals surface area contributed by atoms with Gasteiger partial charge in [-0.05, 0) is 53.8 Å². The number of anilines is 2. The molecule has 166 valence electrons. The van der Waals surface area contributed by atoms with Crippen molar-refractivity contribution in [3.05, 3.63) is 89.1 Å². The van der Waals surface area contributed by atoms with Crippen LogP contribution in [0.2, 0.25) is 0 Å². The zero-order valence-electron chi connectivity index (χ0n) is 18.3. The number of carboxylic acids is 1. The fraction of sp³-hybridized carbons (Fsp3) is 0.308. The summed E-state index contributed by atoms with van der Waals surface area (Å²) in [4.78, 5) is 15.6. The van der Waals surface area contributed by atoms with Crippen LogP contribution in [0.1, 0.15) is 35.2 Å². The number of hydrogen-bond donors (Lipinski definition) is 4. The van der Waals surface area contributed by atoms with E-state index < -0.39 is 5.97 Å². The maximum absolute atomic E-state index is 11.1. The van der Waals surface area contributed by atoms with E-state index >= 15 is 0 Å². The quantitative estimate of drug-likeness (QED) is 0.410. The summed E-state index contributed by atoms with van der Waals surface area (Å²) in [6.45, 7) is 3.72. The van der Waals surface area contributed by atoms with Gasteiger partial charge in [0.25, 0.3) is 0 Å². The molecule has 4 rings (SSSR count). The lowest BCUT2D eigenvalue weighted by atomic mass is 9.96. The first-order valence-corrected chi connectivity index (χ1v) is 11.2. The number of carboxylic acid groups (broad SMARTS) is 1. The van der Waals surface area contributed by atoms with Crippen LogP contribution in [0.4, 0.5) is 11.5 Å². The van der Waals surface area contributed by atoms with E-state index in [0.29, 0.717) is 0 Å². The summed E-state index contributed by atoms with van der Waals surface area (Å²) in [5, 5.41) is 20.0. The minimum atomic E-state index is -0.799. The van der Waals surface area contributed by atoms with E-state index in [1.54, 1.807) is 6.20 Å². The lowest BCUT2D eigenvalue weighted by Gasteiger charge is -2.34. The van der Waals surface area contributed by atoms with Gasteiger partial charge >= 0.3 is 5.97 Å². The lowest BCUT2D eigenvalue weighted by molar-refractivity contribution is -0.136. The predicted octanol–water partition coefficient (Wildman–Crippen LogP) is 4.05. The molecule has 1 aromatic heterocycles. The van der Waals surface area contributed by atoms with Gasteiger partial charge in [-0.1, -0.05) is 55.5 Å². The molecule has 2 heterocycles. The van der Waals surface area contributed by atoms with Crippen LogP contribution in [-0.4, -0.2) is 35.2 Å². The molecule has 3 aromatic rings. The van der Waals surface area contributed by atoms with Crippen LogP contribution in [-0.2, 0) is 24.1 Å². The smallest absolute Gasteiger partial charge is 0.307 e. The van der Waals surface area contributed by atoms with Gasteiger partial charge in [0.1, 0.15) is 5.82 Å². The highest BCUT2D eigenvalue weighted by molar-refractivity contribution is 5.70. The fourth-order valence-corrected chi connectivity index (χ4v) is 4.37. The second-order valence-corrected chi connectivity index (χ2v) is 8.15. The largest absolute Gasteiger partial charge is 0.481 e. The van der Waals surface area contributed by atoms with Gasteiger partial charge in [-0.15, -0.1) is 0 Å². The molecule has 1 aliphatic rings. The van der Waals surface area contributed by atoms with Gasteiger partial charge in [-0.25, -0.2) is 4.98 Å². The molecule has 4 N–H and O–H groups in total. The third-order valence-electron chi connectivity index (χ3n) is 5.97. The number of hydrogen-bond acceptors (Lipinski definition) is 5. The molecule has 0 aliphatic carbocycles. The van der Waals surface area contributed by atoms with Crippen LogP contribution in [0, 0.1) is 0 Å². The van der Waals surface area contributed by atoms with E-state index in [0.717, 1.165) is 43.0 Å². The maximum Gasteiger partial charge on any atom is 0.307 e. The van der Waals surface area contributed by atoms with Crippen LogP contribution in [0.25, 0.3) is 0 Å². The number of benzene rings is 2. The fourth-order valence-electron chi connectivity index (χ4n) is 4.37. The highest BCUT2D eigenvalue weighted by atomic mass is 16.4. The molecular weight excluding hydrogens is 400 g/mol. The van der Waals surface area contributed by atoms with Crippen LogP contribution in [0.3, 0.4) is 0 Å². The van der Waals surface area contributed by atoms with Gasteiger partial charge < -0.3 is 21.1 Å². The molecule has 0 radical (unpaired) electrons. The second-order valence-electron chi connectivity index (χ2n) is 8.15. The normalized spacial score (nSPS) is 15.8. The van der Waals surface area contributed by atoms with E-state index in [1.165, 1.54) is 16.7 Å². The minimum absolute atomic E-state index is 0.0567. The van der Waals surface area contributed by atoms with Crippen molar-refractivity contribution < 1.29 is 9.90 Å². The van der Waals surface area contributed by atoms with Crippen LogP contribution in [0.15, 0.2) is 66.9 Å². The van der Waals surface area contributed by atoms with Crippen molar-refractivity contribution in [2.24, 2.45) is 0 Å². The van der Waals surface area contributed by atoms with Gasteiger partial charge in [-0.3, -0.25) is 4.79 Å². The Balaban J connectivity index is 1.49. The molecule has 32 heavy (non-hydrogen) atoms. The zero-order chi connectivity index (χ0) is 22.3. The number of carbonyl (C=O) groups is 1. The Kier molecular flexibility index (Phi) is 7.02. The number of aryl methyl sites for hydroxylation is 1. The number of aliphatic carboxylic acids is 1. The topological polar surface area (TPSA) is 86.3 Å². The SMILES string of the molecule is CCc1ccc(CC(=O)O)cc1CCN[C@H](c1ccccc1)[C@H]1CNc2cccnc2N1. The highest BCUT2D eigenvalue weighted by Crippen LogP contribution is 2.28. The van der Waals surface area contributed by atoms with Gasteiger partial charge in [0.05, 0.1) is 24.2 Å². The third kappa shape index (κ3) is 5.26. The maximum atomic E-state index is 11.1. The average Bonchev–Trinajstić information content (AvgIpc) is 2.82. The van der Waals surface area contributed by atoms with Gasteiger partial charge in [0.2, 0.25) is 0 Å². The number of rotatable bonds is 9. The van der Waals surface area contributed by atoms with Crippen molar-refractivity contribution in [2.75, 3.05) is 23.7 Å². The molecule has 1 aliphatic heterocycles. The minimum Gasteiger partial charge on any atom is -0.481 e. The molecule has 6 nitrogen and oxygen atoms in total. The Labute approximate surface area is 189 Å². The van der Waals surface area contributed by atoms with E-state index in [9.17, 15) is 4.79 Å². The standard InChI is InChI=1S/C26H30N4O2/c1-2-19-11-10-18(16-24(31)32)15-21(19)12-14-27-25(20-7-4-3-5-8-20)23-17-29-22-9-6-13-28-26(22)30-23/h3-11,13,15,23,25,27,29H,2,12,14,16-17H2,1H3,(H,28,30)(H,31,32)/t23-,25-/m1/s1. The Bertz CT molecular complexity index is 1050. The first kappa shape index (κ1) is 21.8. The van der Waals surface area contributed by atoms with Crippen molar-refractivity contribution in [1.29, 1.82) is 0 Å². The van der Waals surface area contributed by atoms with Gasteiger partial charge in [-0.2, -0.15) is 0 Å². The molecule has 0 amide bonds. The molecule has 0 saturated heterocycles. The monoisotopic (exact) mass is 430 g/mol. The van der Waals surface area contributed by atoms with E-state index in [2.05, 4.69) is 58.2 Å². The summed E-state index contributed by atoms with van der Waals surface area (Å²) in [5.74, 6) is 0.0772. The summed E-state index contributed by atoms with van der Waals surface area (Å²) in [5.41, 5.74) is 5.59. The molecule has 0 spiro atoms. The highest BCUT2D eigenvalue weighted by Gasteiger charge is 2.27. The molecule has 2 atom stereocenters. The average molecular weight is 431 g/mol. The Hall–Kier alpha value is -3.38. The number of pyridine rings is 1. The first-order chi connectivity index (χ1) is 15.6. The number of nitrogens with zero attached hydrogens (tertiary/aromatic N) is 1. The predicted molar refractivity (Wildman–Crippen MR) is 128 cm³/mol. The van der Waals surface area contributed by atoms with E-state index in [4.69, 9.17) is 5.11 Å². The van der Waals surface area contributed by atoms with Crippen LogP contribution < -0.4 is 16.0 Å². The second kappa shape index (κ2) is 10.3. The Morgan fingerprint density at radius 3 is 2.78 bits per heavy atom. The van der Waals surface area contributed by atoms with Crippen molar-refractivity contribution >= 4 is 17.5 Å². The van der Waals surface area contributed by atoms with E-state index in [1.807, 2.05) is 30.3 Å². The van der Waals surface area contributed by atoms with Crippen molar-refractivity contribution in [2.45, 2.75) is 38.3 Å². The van der Waals surface area contributed by atoms with Gasteiger partial charge in [0.15, 0.2) is 0 Å². The van der Waals surface area contributed by atoms with Crippen LogP contribution in [0.5, 0.6) is 0 Å². The molecule has 6 heteroatoms. The Morgan fingerprint density at radius 1 is 1.16 bits per heavy atom. The number of nitrogens with one attached hydrogen (secondary N) is 3. The zero-order valence-corrected chi connectivity index (χ0v) is 18.3.